The maximum Gasteiger partial charge on any atom is 0.349 e. The Morgan fingerprint density at radius 2 is 2.08 bits per heavy atom. The normalized spacial score (nSPS) is 19.8. The molecule has 5 nitrogen and oxygen atoms in total. The van der Waals surface area contributed by atoms with E-state index >= 15 is 0 Å². The van der Waals surface area contributed by atoms with Crippen LogP contribution in [0.15, 0.2) is 33.9 Å². The third-order valence-corrected chi connectivity index (χ3v) is 9.19. The molecule has 130 valence electrons. The molecule has 0 radical (unpaired) electrons. The molecule has 2 aromatic rings. The van der Waals surface area contributed by atoms with Gasteiger partial charge < -0.3 is 4.74 Å². The number of methoxy groups -OCH3 is 1. The SMILES string of the molecule is COC(=O)c1sccc1S(=O)(=O)N1CCSC(c2cccs2)CC1. The van der Waals surface area contributed by atoms with E-state index in [0.717, 1.165) is 23.5 Å². The molecule has 1 unspecified atom stereocenters. The summed E-state index contributed by atoms with van der Waals surface area (Å²) in [6.07, 6.45) is 0.766. The number of carbonyl (C=O) groups excluding carboxylic acids is 1. The van der Waals surface area contributed by atoms with Crippen LogP contribution in [0.5, 0.6) is 0 Å². The van der Waals surface area contributed by atoms with E-state index in [0.29, 0.717) is 18.3 Å². The first-order valence-electron chi connectivity index (χ1n) is 7.35. The molecule has 0 N–H and O–H groups in total. The second-order valence-corrected chi connectivity index (χ2v) is 10.3. The van der Waals surface area contributed by atoms with Gasteiger partial charge in [0, 0.05) is 29.0 Å². The van der Waals surface area contributed by atoms with Crippen LogP contribution in [0.4, 0.5) is 0 Å². The molecule has 1 aliphatic heterocycles. The Labute approximate surface area is 153 Å². The fourth-order valence-electron chi connectivity index (χ4n) is 2.57. The zero-order chi connectivity index (χ0) is 17.2. The molecule has 1 atom stereocenters. The van der Waals surface area contributed by atoms with Gasteiger partial charge in [-0.1, -0.05) is 6.07 Å². The van der Waals surface area contributed by atoms with Gasteiger partial charge in [0.25, 0.3) is 0 Å². The number of esters is 1. The molecule has 2 aromatic heterocycles. The minimum absolute atomic E-state index is 0.0546. The summed E-state index contributed by atoms with van der Waals surface area (Å²) in [5.41, 5.74) is 0. The van der Waals surface area contributed by atoms with Gasteiger partial charge in [-0.25, -0.2) is 13.2 Å². The van der Waals surface area contributed by atoms with Crippen molar-refractivity contribution >= 4 is 50.4 Å². The number of rotatable bonds is 4. The van der Waals surface area contributed by atoms with Crippen molar-refractivity contribution in [3.8, 4) is 0 Å². The van der Waals surface area contributed by atoms with Crippen molar-refractivity contribution in [2.75, 3.05) is 26.0 Å². The monoisotopic (exact) mass is 403 g/mol. The van der Waals surface area contributed by atoms with Crippen LogP contribution in [0, 0.1) is 0 Å². The minimum Gasteiger partial charge on any atom is -0.465 e. The van der Waals surface area contributed by atoms with E-state index < -0.39 is 16.0 Å². The molecule has 1 fully saturated rings. The van der Waals surface area contributed by atoms with Crippen molar-refractivity contribution in [1.29, 1.82) is 0 Å². The quantitative estimate of drug-likeness (QED) is 0.732. The summed E-state index contributed by atoms with van der Waals surface area (Å²) in [7, 11) is -2.43. The lowest BCUT2D eigenvalue weighted by Crippen LogP contribution is -2.33. The zero-order valence-corrected chi connectivity index (χ0v) is 16.3. The highest BCUT2D eigenvalue weighted by Gasteiger charge is 2.32. The molecule has 24 heavy (non-hydrogen) atoms. The van der Waals surface area contributed by atoms with Crippen LogP contribution >= 0.6 is 34.4 Å². The van der Waals surface area contributed by atoms with Crippen LogP contribution in [0.25, 0.3) is 0 Å². The van der Waals surface area contributed by atoms with Gasteiger partial charge in [-0.3, -0.25) is 0 Å². The summed E-state index contributed by atoms with van der Waals surface area (Å²) in [6, 6.07) is 5.61. The number of ether oxygens (including phenoxy) is 1. The summed E-state index contributed by atoms with van der Waals surface area (Å²) in [5, 5.41) is 3.98. The first-order chi connectivity index (χ1) is 11.5. The molecule has 0 saturated carbocycles. The van der Waals surface area contributed by atoms with E-state index in [-0.39, 0.29) is 9.77 Å². The summed E-state index contributed by atoms with van der Waals surface area (Å²) in [6.45, 7) is 0.902. The number of carbonyl (C=O) groups is 1. The Bertz CT molecular complexity index is 797. The number of hydrogen-bond donors (Lipinski definition) is 0. The van der Waals surface area contributed by atoms with Gasteiger partial charge in [0.2, 0.25) is 10.0 Å². The summed E-state index contributed by atoms with van der Waals surface area (Å²) < 4.78 is 32.1. The zero-order valence-electron chi connectivity index (χ0n) is 13.0. The fourth-order valence-corrected chi connectivity index (χ4v) is 7.69. The molecule has 0 aromatic carbocycles. The fraction of sp³-hybridized carbons (Fsp3) is 0.400. The van der Waals surface area contributed by atoms with Crippen molar-refractivity contribution in [3.05, 3.63) is 38.7 Å². The van der Waals surface area contributed by atoms with Crippen LogP contribution in [-0.2, 0) is 14.8 Å². The topological polar surface area (TPSA) is 63.7 Å². The van der Waals surface area contributed by atoms with E-state index in [2.05, 4.69) is 6.07 Å². The van der Waals surface area contributed by atoms with E-state index in [1.807, 2.05) is 11.4 Å². The van der Waals surface area contributed by atoms with Crippen LogP contribution in [0.2, 0.25) is 0 Å². The van der Waals surface area contributed by atoms with Gasteiger partial charge in [-0.05, 0) is 29.3 Å². The number of hydrogen-bond acceptors (Lipinski definition) is 7. The number of sulfonamides is 1. The third kappa shape index (κ3) is 3.55. The van der Waals surface area contributed by atoms with Crippen molar-refractivity contribution in [2.24, 2.45) is 0 Å². The average molecular weight is 404 g/mol. The Hall–Kier alpha value is -0.870. The molecule has 0 aliphatic carbocycles. The average Bonchev–Trinajstić information content (AvgIpc) is 3.22. The standard InChI is InChI=1S/C15H17NO4S4/c1-20-15(17)14-13(5-9-23-14)24(18,19)16-6-4-12(22-10-7-16)11-3-2-8-21-11/h2-3,5,8-9,12H,4,6-7,10H2,1H3. The highest BCUT2D eigenvalue weighted by Crippen LogP contribution is 2.38. The highest BCUT2D eigenvalue weighted by molar-refractivity contribution is 7.99. The molecule has 0 spiro atoms. The van der Waals surface area contributed by atoms with Crippen LogP contribution in [-0.4, -0.2) is 44.6 Å². The number of thiophene rings is 2. The van der Waals surface area contributed by atoms with Gasteiger partial charge in [-0.2, -0.15) is 16.1 Å². The second kappa shape index (κ2) is 7.57. The molecular formula is C15H17NO4S4. The molecule has 1 saturated heterocycles. The number of nitrogens with zero attached hydrogens (tertiary/aromatic N) is 1. The molecular weight excluding hydrogens is 386 g/mol. The summed E-state index contributed by atoms with van der Waals surface area (Å²) >= 11 is 4.59. The smallest absolute Gasteiger partial charge is 0.349 e. The van der Waals surface area contributed by atoms with Gasteiger partial charge in [0.05, 0.1) is 7.11 Å². The second-order valence-electron chi connectivity index (χ2n) is 5.17. The highest BCUT2D eigenvalue weighted by atomic mass is 32.2. The largest absolute Gasteiger partial charge is 0.465 e. The third-order valence-electron chi connectivity index (χ3n) is 3.78. The minimum atomic E-state index is -3.69. The first kappa shape index (κ1) is 17.9. The lowest BCUT2D eigenvalue weighted by atomic mass is 10.2. The van der Waals surface area contributed by atoms with Crippen LogP contribution in [0.1, 0.15) is 26.2 Å². The predicted molar refractivity (Wildman–Crippen MR) is 98.6 cm³/mol. The molecule has 1 aliphatic rings. The summed E-state index contributed by atoms with van der Waals surface area (Å²) in [4.78, 5) is 13.3. The van der Waals surface area contributed by atoms with Crippen LogP contribution < -0.4 is 0 Å². The Morgan fingerprint density at radius 1 is 1.25 bits per heavy atom. The molecule has 0 bridgehead atoms. The van der Waals surface area contributed by atoms with Crippen molar-refractivity contribution in [1.82, 2.24) is 4.31 Å². The van der Waals surface area contributed by atoms with Crippen molar-refractivity contribution in [3.63, 3.8) is 0 Å². The summed E-state index contributed by atoms with van der Waals surface area (Å²) in [5.74, 6) is 0.128. The predicted octanol–water partition coefficient (Wildman–Crippen LogP) is 3.47. The van der Waals surface area contributed by atoms with Gasteiger partial charge in [-0.15, -0.1) is 22.7 Å². The van der Waals surface area contributed by atoms with Gasteiger partial charge in [0.1, 0.15) is 9.77 Å². The lowest BCUT2D eigenvalue weighted by molar-refractivity contribution is 0.0602. The Morgan fingerprint density at radius 3 is 2.79 bits per heavy atom. The van der Waals surface area contributed by atoms with Crippen molar-refractivity contribution < 1.29 is 17.9 Å². The van der Waals surface area contributed by atoms with Gasteiger partial charge >= 0.3 is 5.97 Å². The first-order valence-corrected chi connectivity index (χ1v) is 11.6. The van der Waals surface area contributed by atoms with E-state index in [4.69, 9.17) is 4.74 Å². The van der Waals surface area contributed by atoms with Crippen LogP contribution in [0.3, 0.4) is 0 Å². The number of thioether (sulfide) groups is 1. The maximum absolute atomic E-state index is 13.0. The lowest BCUT2D eigenvalue weighted by Gasteiger charge is -2.19. The molecule has 9 heteroatoms. The van der Waals surface area contributed by atoms with E-state index in [1.54, 1.807) is 28.5 Å². The molecule has 3 heterocycles. The van der Waals surface area contributed by atoms with E-state index in [1.165, 1.54) is 22.4 Å². The maximum atomic E-state index is 13.0. The van der Waals surface area contributed by atoms with Gasteiger partial charge in [0.15, 0.2) is 0 Å². The van der Waals surface area contributed by atoms with E-state index in [9.17, 15) is 13.2 Å². The van der Waals surface area contributed by atoms with Crippen molar-refractivity contribution in [2.45, 2.75) is 16.6 Å². The molecule has 0 amide bonds. The Kier molecular flexibility index (Phi) is 5.66. The Balaban J connectivity index is 1.81. The molecule has 3 rings (SSSR count).